The second kappa shape index (κ2) is 6.57. The number of aliphatic hydroxyl groups excluding tert-OH is 1. The first kappa shape index (κ1) is 15.8. The van der Waals surface area contributed by atoms with Gasteiger partial charge in [0.1, 0.15) is 0 Å². The number of piperidine rings is 2. The molecule has 0 aromatic carbocycles. The molecule has 0 radical (unpaired) electrons. The molecule has 3 fully saturated rings. The van der Waals surface area contributed by atoms with Crippen LogP contribution in [0.5, 0.6) is 0 Å². The summed E-state index contributed by atoms with van der Waals surface area (Å²) >= 11 is 0. The molecular formula is C17H28N2O3. The van der Waals surface area contributed by atoms with Crippen molar-refractivity contribution >= 4 is 11.8 Å². The number of nitrogens with zero attached hydrogens (tertiary/aromatic N) is 2. The number of rotatable bonds is 5. The van der Waals surface area contributed by atoms with Crippen molar-refractivity contribution < 1.29 is 14.7 Å². The van der Waals surface area contributed by atoms with E-state index in [-0.39, 0.29) is 30.4 Å². The third-order valence-corrected chi connectivity index (χ3v) is 5.52. The van der Waals surface area contributed by atoms with E-state index in [1.807, 2.05) is 4.90 Å². The van der Waals surface area contributed by atoms with Gasteiger partial charge in [-0.05, 0) is 38.0 Å². The zero-order valence-electron chi connectivity index (χ0n) is 13.4. The maximum absolute atomic E-state index is 12.6. The van der Waals surface area contributed by atoms with Gasteiger partial charge in [-0.25, -0.2) is 0 Å². The predicted molar refractivity (Wildman–Crippen MR) is 83.1 cm³/mol. The van der Waals surface area contributed by atoms with Gasteiger partial charge in [0.25, 0.3) is 0 Å². The molecule has 5 nitrogen and oxygen atoms in total. The SMILES string of the molecule is O=C1CCCCN1CC(=O)N1CCC[C@](CO)(CC2CC2)C1. The summed E-state index contributed by atoms with van der Waals surface area (Å²) in [5.74, 6) is 0.928. The fraction of sp³-hybridized carbons (Fsp3) is 0.882. The van der Waals surface area contributed by atoms with Crippen molar-refractivity contribution in [1.29, 1.82) is 0 Å². The van der Waals surface area contributed by atoms with Gasteiger partial charge in [-0.2, -0.15) is 0 Å². The minimum atomic E-state index is -0.0962. The van der Waals surface area contributed by atoms with Gasteiger partial charge in [-0.1, -0.05) is 12.8 Å². The number of hydrogen-bond donors (Lipinski definition) is 1. The van der Waals surface area contributed by atoms with E-state index in [0.717, 1.165) is 44.6 Å². The van der Waals surface area contributed by atoms with Crippen LogP contribution < -0.4 is 0 Å². The lowest BCUT2D eigenvalue weighted by Crippen LogP contribution is -2.51. The van der Waals surface area contributed by atoms with Crippen LogP contribution >= 0.6 is 0 Å². The molecule has 0 bridgehead atoms. The molecule has 2 amide bonds. The Labute approximate surface area is 132 Å². The van der Waals surface area contributed by atoms with Crippen LogP contribution in [0.2, 0.25) is 0 Å². The number of aliphatic hydroxyl groups is 1. The fourth-order valence-electron chi connectivity index (χ4n) is 4.01. The Hall–Kier alpha value is -1.10. The minimum absolute atomic E-state index is 0.0589. The molecular weight excluding hydrogens is 280 g/mol. The molecule has 1 saturated carbocycles. The lowest BCUT2D eigenvalue weighted by molar-refractivity contribution is -0.144. The van der Waals surface area contributed by atoms with Crippen molar-refractivity contribution in [2.24, 2.45) is 11.3 Å². The van der Waals surface area contributed by atoms with Crippen molar-refractivity contribution in [3.8, 4) is 0 Å². The summed E-state index contributed by atoms with van der Waals surface area (Å²) in [6.45, 7) is 2.56. The molecule has 0 spiro atoms. The smallest absolute Gasteiger partial charge is 0.242 e. The molecule has 5 heteroatoms. The second-order valence-corrected chi connectivity index (χ2v) is 7.50. The molecule has 1 aliphatic carbocycles. The molecule has 1 atom stereocenters. The van der Waals surface area contributed by atoms with E-state index in [1.54, 1.807) is 4.90 Å². The van der Waals surface area contributed by atoms with E-state index in [1.165, 1.54) is 12.8 Å². The average molecular weight is 308 g/mol. The van der Waals surface area contributed by atoms with E-state index in [9.17, 15) is 14.7 Å². The molecule has 1 N–H and O–H groups in total. The predicted octanol–water partition coefficient (Wildman–Crippen LogP) is 1.40. The summed E-state index contributed by atoms with van der Waals surface area (Å²) in [5.41, 5.74) is -0.0962. The quantitative estimate of drug-likeness (QED) is 0.835. The number of carbonyl (C=O) groups is 2. The minimum Gasteiger partial charge on any atom is -0.396 e. The summed E-state index contributed by atoms with van der Waals surface area (Å²) in [6, 6.07) is 0. The van der Waals surface area contributed by atoms with Crippen LogP contribution in [-0.4, -0.2) is 59.5 Å². The molecule has 124 valence electrons. The Morgan fingerprint density at radius 1 is 1.23 bits per heavy atom. The highest BCUT2D eigenvalue weighted by atomic mass is 16.3. The second-order valence-electron chi connectivity index (χ2n) is 7.50. The van der Waals surface area contributed by atoms with Crippen LogP contribution in [-0.2, 0) is 9.59 Å². The van der Waals surface area contributed by atoms with Gasteiger partial charge in [0.15, 0.2) is 0 Å². The Balaban J connectivity index is 1.58. The molecule has 0 aromatic heterocycles. The molecule has 3 rings (SSSR count). The van der Waals surface area contributed by atoms with E-state index in [0.29, 0.717) is 19.5 Å². The number of amides is 2. The van der Waals surface area contributed by atoms with Gasteiger partial charge in [0.05, 0.1) is 13.2 Å². The van der Waals surface area contributed by atoms with Crippen molar-refractivity contribution in [2.45, 2.75) is 51.4 Å². The summed E-state index contributed by atoms with van der Waals surface area (Å²) in [6.07, 6.45) is 8.12. The fourth-order valence-corrected chi connectivity index (χ4v) is 4.01. The monoisotopic (exact) mass is 308 g/mol. The Kier molecular flexibility index (Phi) is 4.71. The Morgan fingerprint density at radius 3 is 2.73 bits per heavy atom. The largest absolute Gasteiger partial charge is 0.396 e. The summed E-state index contributed by atoms with van der Waals surface area (Å²) in [7, 11) is 0. The van der Waals surface area contributed by atoms with Gasteiger partial charge < -0.3 is 14.9 Å². The average Bonchev–Trinajstić information content (AvgIpc) is 3.33. The van der Waals surface area contributed by atoms with Gasteiger partial charge in [0, 0.05) is 31.5 Å². The van der Waals surface area contributed by atoms with Crippen molar-refractivity contribution in [3.63, 3.8) is 0 Å². The number of likely N-dealkylation sites (tertiary alicyclic amines) is 2. The van der Waals surface area contributed by atoms with E-state index >= 15 is 0 Å². The number of carbonyl (C=O) groups excluding carboxylic acids is 2. The number of hydrogen-bond acceptors (Lipinski definition) is 3. The zero-order valence-corrected chi connectivity index (χ0v) is 13.4. The molecule has 2 saturated heterocycles. The van der Waals surface area contributed by atoms with Crippen molar-refractivity contribution in [1.82, 2.24) is 9.80 Å². The van der Waals surface area contributed by atoms with Crippen LogP contribution in [0.4, 0.5) is 0 Å². The highest BCUT2D eigenvalue weighted by Crippen LogP contribution is 2.44. The van der Waals surface area contributed by atoms with Gasteiger partial charge in [-0.3, -0.25) is 9.59 Å². The third-order valence-electron chi connectivity index (χ3n) is 5.52. The van der Waals surface area contributed by atoms with E-state index < -0.39 is 0 Å². The first-order valence-corrected chi connectivity index (χ1v) is 8.78. The molecule has 3 aliphatic rings. The summed E-state index contributed by atoms with van der Waals surface area (Å²) in [4.78, 5) is 28.0. The summed E-state index contributed by atoms with van der Waals surface area (Å²) < 4.78 is 0. The van der Waals surface area contributed by atoms with Crippen LogP contribution in [0.3, 0.4) is 0 Å². The van der Waals surface area contributed by atoms with Gasteiger partial charge in [0.2, 0.25) is 11.8 Å². The van der Waals surface area contributed by atoms with Crippen LogP contribution in [0.1, 0.15) is 51.4 Å². The van der Waals surface area contributed by atoms with Crippen LogP contribution in [0.25, 0.3) is 0 Å². The lowest BCUT2D eigenvalue weighted by Gasteiger charge is -2.42. The topological polar surface area (TPSA) is 60.9 Å². The normalized spacial score (nSPS) is 29.8. The zero-order chi connectivity index (χ0) is 15.6. The first-order valence-electron chi connectivity index (χ1n) is 8.78. The van der Waals surface area contributed by atoms with Crippen molar-refractivity contribution in [2.75, 3.05) is 32.8 Å². The van der Waals surface area contributed by atoms with E-state index in [4.69, 9.17) is 0 Å². The standard InChI is InChI=1S/C17H28N2O3/c20-13-17(10-14-5-6-14)7-3-9-19(12-17)16(22)11-18-8-2-1-4-15(18)21/h14,20H,1-13H2/t17-/m0/s1. The lowest BCUT2D eigenvalue weighted by atomic mass is 9.76. The maximum Gasteiger partial charge on any atom is 0.242 e. The summed E-state index contributed by atoms with van der Waals surface area (Å²) in [5, 5.41) is 9.88. The van der Waals surface area contributed by atoms with E-state index in [2.05, 4.69) is 0 Å². The molecule has 2 aliphatic heterocycles. The third kappa shape index (κ3) is 3.62. The highest BCUT2D eigenvalue weighted by Gasteiger charge is 2.41. The maximum atomic E-state index is 12.6. The van der Waals surface area contributed by atoms with Gasteiger partial charge >= 0.3 is 0 Å². The molecule has 22 heavy (non-hydrogen) atoms. The Bertz CT molecular complexity index is 436. The van der Waals surface area contributed by atoms with Crippen LogP contribution in [0.15, 0.2) is 0 Å². The molecule has 0 aromatic rings. The van der Waals surface area contributed by atoms with Crippen molar-refractivity contribution in [3.05, 3.63) is 0 Å². The Morgan fingerprint density at radius 2 is 2.05 bits per heavy atom. The molecule has 0 unspecified atom stereocenters. The molecule has 2 heterocycles. The first-order chi connectivity index (χ1) is 10.6. The highest BCUT2D eigenvalue weighted by molar-refractivity contribution is 5.85. The van der Waals surface area contributed by atoms with Gasteiger partial charge in [-0.15, -0.1) is 0 Å². The van der Waals surface area contributed by atoms with Crippen LogP contribution in [0, 0.1) is 11.3 Å².